The van der Waals surface area contributed by atoms with Gasteiger partial charge in [-0.2, -0.15) is 0 Å². The lowest BCUT2D eigenvalue weighted by atomic mass is 9.89. The van der Waals surface area contributed by atoms with Crippen molar-refractivity contribution in [3.05, 3.63) is 65.6 Å². The standard InChI is InChI=1S/C25H29FN4O/c1-18-2-7-22-23(17-30(24(22)16-18)21-5-3-20(26)4-6-21)19-8-11-28(12-9-19)14-15-29-13-10-27-25(29)31/h2-7,16-17,19H,8-15H2,1H3,(H,27,31). The van der Waals surface area contributed by atoms with Gasteiger partial charge in [0, 0.05) is 43.4 Å². The third-order valence-corrected chi connectivity index (χ3v) is 6.76. The Morgan fingerprint density at radius 2 is 1.81 bits per heavy atom. The molecule has 3 heterocycles. The number of halogens is 1. The molecule has 0 saturated carbocycles. The van der Waals surface area contributed by atoms with Crippen LogP contribution in [0.3, 0.4) is 0 Å². The van der Waals surface area contributed by atoms with Crippen LogP contribution in [0.25, 0.3) is 16.6 Å². The Balaban J connectivity index is 1.33. The highest BCUT2D eigenvalue weighted by Crippen LogP contribution is 2.36. The Morgan fingerprint density at radius 1 is 1.03 bits per heavy atom. The summed E-state index contributed by atoms with van der Waals surface area (Å²) in [6, 6.07) is 13.4. The molecule has 5 rings (SSSR count). The number of hydrogen-bond donors (Lipinski definition) is 1. The highest BCUT2D eigenvalue weighted by molar-refractivity contribution is 5.87. The maximum Gasteiger partial charge on any atom is 0.317 e. The van der Waals surface area contributed by atoms with Gasteiger partial charge in [0.05, 0.1) is 5.52 Å². The van der Waals surface area contributed by atoms with E-state index in [0.717, 1.165) is 57.8 Å². The molecule has 2 fully saturated rings. The van der Waals surface area contributed by atoms with Crippen molar-refractivity contribution in [1.29, 1.82) is 0 Å². The average Bonchev–Trinajstić information content (AvgIpc) is 3.36. The summed E-state index contributed by atoms with van der Waals surface area (Å²) in [5.74, 6) is 0.300. The van der Waals surface area contributed by atoms with Gasteiger partial charge in [0.15, 0.2) is 0 Å². The second kappa shape index (κ2) is 8.35. The van der Waals surface area contributed by atoms with Crippen LogP contribution >= 0.6 is 0 Å². The van der Waals surface area contributed by atoms with Crippen LogP contribution in [0.15, 0.2) is 48.7 Å². The van der Waals surface area contributed by atoms with Crippen molar-refractivity contribution in [3.63, 3.8) is 0 Å². The number of aryl methyl sites for hydroxylation is 1. The van der Waals surface area contributed by atoms with Crippen molar-refractivity contribution in [2.45, 2.75) is 25.7 Å². The van der Waals surface area contributed by atoms with Gasteiger partial charge in [-0.05, 0) is 80.2 Å². The molecule has 2 aliphatic heterocycles. The lowest BCUT2D eigenvalue weighted by Crippen LogP contribution is -2.40. The summed E-state index contributed by atoms with van der Waals surface area (Å²) in [5, 5.41) is 4.16. The predicted octanol–water partition coefficient (Wildman–Crippen LogP) is 4.28. The molecule has 6 heteroatoms. The molecule has 2 aromatic carbocycles. The molecule has 31 heavy (non-hydrogen) atoms. The van der Waals surface area contributed by atoms with Crippen molar-refractivity contribution >= 4 is 16.9 Å². The van der Waals surface area contributed by atoms with Gasteiger partial charge in [0.2, 0.25) is 0 Å². The first kappa shape index (κ1) is 20.1. The SMILES string of the molecule is Cc1ccc2c(C3CCN(CCN4CCNC4=O)CC3)cn(-c3ccc(F)cc3)c2c1. The van der Waals surface area contributed by atoms with Gasteiger partial charge >= 0.3 is 6.03 Å². The minimum Gasteiger partial charge on any atom is -0.336 e. The number of carbonyl (C=O) groups excluding carboxylic acids is 1. The number of amides is 2. The quantitative estimate of drug-likeness (QED) is 0.669. The van der Waals surface area contributed by atoms with E-state index < -0.39 is 0 Å². The zero-order valence-electron chi connectivity index (χ0n) is 18.0. The maximum atomic E-state index is 13.5. The van der Waals surface area contributed by atoms with Crippen LogP contribution in [-0.2, 0) is 0 Å². The summed E-state index contributed by atoms with van der Waals surface area (Å²) >= 11 is 0. The summed E-state index contributed by atoms with van der Waals surface area (Å²) in [7, 11) is 0. The van der Waals surface area contributed by atoms with E-state index in [-0.39, 0.29) is 11.8 Å². The summed E-state index contributed by atoms with van der Waals surface area (Å²) in [6.07, 6.45) is 4.48. The summed E-state index contributed by atoms with van der Waals surface area (Å²) in [4.78, 5) is 16.1. The van der Waals surface area contributed by atoms with Crippen LogP contribution in [0.2, 0.25) is 0 Å². The zero-order chi connectivity index (χ0) is 21.4. The van der Waals surface area contributed by atoms with Gasteiger partial charge in [-0.3, -0.25) is 0 Å². The fourth-order valence-electron chi connectivity index (χ4n) is 4.96. The van der Waals surface area contributed by atoms with E-state index in [1.54, 1.807) is 0 Å². The molecule has 2 amide bonds. The molecule has 0 aliphatic carbocycles. The summed E-state index contributed by atoms with van der Waals surface area (Å²) in [6.45, 7) is 7.54. The highest BCUT2D eigenvalue weighted by Gasteiger charge is 2.25. The largest absolute Gasteiger partial charge is 0.336 e. The molecule has 1 aromatic heterocycles. The molecular weight excluding hydrogens is 391 g/mol. The molecule has 3 aromatic rings. The molecule has 2 aliphatic rings. The predicted molar refractivity (Wildman–Crippen MR) is 121 cm³/mol. The fraction of sp³-hybridized carbons (Fsp3) is 0.400. The topological polar surface area (TPSA) is 40.5 Å². The first-order valence-electron chi connectivity index (χ1n) is 11.2. The zero-order valence-corrected chi connectivity index (χ0v) is 18.0. The van der Waals surface area contributed by atoms with Crippen LogP contribution in [0.5, 0.6) is 0 Å². The molecule has 5 nitrogen and oxygen atoms in total. The summed E-state index contributed by atoms with van der Waals surface area (Å²) in [5.41, 5.74) is 4.79. The monoisotopic (exact) mass is 420 g/mol. The molecule has 0 spiro atoms. The van der Waals surface area contributed by atoms with Crippen molar-refractivity contribution in [1.82, 2.24) is 19.7 Å². The summed E-state index contributed by atoms with van der Waals surface area (Å²) < 4.78 is 15.7. The number of fused-ring (bicyclic) bond motifs is 1. The van der Waals surface area contributed by atoms with Crippen molar-refractivity contribution in [2.75, 3.05) is 39.3 Å². The van der Waals surface area contributed by atoms with Gasteiger partial charge in [-0.1, -0.05) is 12.1 Å². The Bertz CT molecular complexity index is 1080. The molecule has 0 bridgehead atoms. The molecule has 0 atom stereocenters. The van der Waals surface area contributed by atoms with Crippen molar-refractivity contribution in [2.24, 2.45) is 0 Å². The lowest BCUT2D eigenvalue weighted by Gasteiger charge is -2.32. The Morgan fingerprint density at radius 3 is 2.52 bits per heavy atom. The third kappa shape index (κ3) is 4.04. The van der Waals surface area contributed by atoms with E-state index in [0.29, 0.717) is 5.92 Å². The van der Waals surface area contributed by atoms with Crippen molar-refractivity contribution < 1.29 is 9.18 Å². The Kier molecular flexibility index (Phi) is 5.40. The second-order valence-electron chi connectivity index (χ2n) is 8.79. The highest BCUT2D eigenvalue weighted by atomic mass is 19.1. The van der Waals surface area contributed by atoms with Crippen LogP contribution < -0.4 is 5.32 Å². The second-order valence-corrected chi connectivity index (χ2v) is 8.79. The molecule has 1 N–H and O–H groups in total. The van der Waals surface area contributed by atoms with Gasteiger partial charge in [0.1, 0.15) is 5.82 Å². The number of urea groups is 1. The molecular formula is C25H29FN4O. The normalized spacial score (nSPS) is 18.1. The molecule has 162 valence electrons. The Labute approximate surface area is 182 Å². The van der Waals surface area contributed by atoms with Crippen LogP contribution in [0, 0.1) is 12.7 Å². The number of likely N-dealkylation sites (tertiary alicyclic amines) is 1. The van der Waals surface area contributed by atoms with E-state index in [1.807, 2.05) is 17.0 Å². The van der Waals surface area contributed by atoms with Gasteiger partial charge in [0.25, 0.3) is 0 Å². The van der Waals surface area contributed by atoms with Crippen LogP contribution in [0.4, 0.5) is 9.18 Å². The van der Waals surface area contributed by atoms with Gasteiger partial charge in [-0.15, -0.1) is 0 Å². The van der Waals surface area contributed by atoms with Gasteiger partial charge in [-0.25, -0.2) is 9.18 Å². The number of aromatic nitrogens is 1. The minimum atomic E-state index is -0.213. The smallest absolute Gasteiger partial charge is 0.317 e. The number of nitrogens with zero attached hydrogens (tertiary/aromatic N) is 3. The lowest BCUT2D eigenvalue weighted by molar-refractivity contribution is 0.181. The van der Waals surface area contributed by atoms with E-state index >= 15 is 0 Å². The third-order valence-electron chi connectivity index (χ3n) is 6.76. The van der Waals surface area contributed by atoms with Crippen LogP contribution in [0.1, 0.15) is 29.9 Å². The maximum absolute atomic E-state index is 13.5. The van der Waals surface area contributed by atoms with Crippen LogP contribution in [-0.4, -0.2) is 59.7 Å². The first-order valence-corrected chi connectivity index (χ1v) is 11.2. The molecule has 2 saturated heterocycles. The molecule has 0 unspecified atom stereocenters. The first-order chi connectivity index (χ1) is 15.1. The van der Waals surface area contributed by atoms with Gasteiger partial charge < -0.3 is 19.7 Å². The number of piperidine rings is 1. The van der Waals surface area contributed by atoms with E-state index in [1.165, 1.54) is 34.2 Å². The molecule has 0 radical (unpaired) electrons. The number of benzene rings is 2. The van der Waals surface area contributed by atoms with E-state index in [4.69, 9.17) is 0 Å². The fourth-order valence-corrected chi connectivity index (χ4v) is 4.96. The van der Waals surface area contributed by atoms with E-state index in [2.05, 4.69) is 46.1 Å². The minimum absolute atomic E-state index is 0.0683. The Hall–Kier alpha value is -2.86. The number of carbonyl (C=O) groups is 1. The number of hydrogen-bond acceptors (Lipinski definition) is 2. The average molecular weight is 421 g/mol. The number of rotatable bonds is 5. The van der Waals surface area contributed by atoms with E-state index in [9.17, 15) is 9.18 Å². The number of nitrogens with one attached hydrogen (secondary N) is 1. The van der Waals surface area contributed by atoms with Crippen molar-refractivity contribution in [3.8, 4) is 5.69 Å².